The van der Waals surface area contributed by atoms with Crippen LogP contribution in [0.4, 0.5) is 0 Å². The minimum Gasteiger partial charge on any atom is -0.472 e. The molecule has 1 aromatic rings. The molecular weight excluding hydrogens is 752 g/mol. The average Bonchev–Trinajstić information content (AvgIpc) is 3.31. The molecule has 1 aliphatic carbocycles. The Kier molecular flexibility index (Phi) is 14.1. The summed E-state index contributed by atoms with van der Waals surface area (Å²) in [4.78, 5) is 98.2. The first-order valence-corrected chi connectivity index (χ1v) is 17.1. The number of hydrogen-bond acceptors (Lipinski definition) is 20. The monoisotopic (exact) mass is 794 g/mol. The van der Waals surface area contributed by atoms with Gasteiger partial charge in [0.15, 0.2) is 24.4 Å². The summed E-state index contributed by atoms with van der Waals surface area (Å²) in [7, 11) is 0. The van der Waals surface area contributed by atoms with E-state index in [-0.39, 0.29) is 11.3 Å². The second-order valence-electron chi connectivity index (χ2n) is 12.9. The predicted molar refractivity (Wildman–Crippen MR) is 178 cm³/mol. The smallest absolute Gasteiger partial charge is 0.338 e. The van der Waals surface area contributed by atoms with Gasteiger partial charge in [0.1, 0.15) is 36.8 Å². The summed E-state index contributed by atoms with van der Waals surface area (Å²) in [5, 5.41) is 12.4. The van der Waals surface area contributed by atoms with Crippen molar-refractivity contribution >= 4 is 47.8 Å². The van der Waals surface area contributed by atoms with Crippen LogP contribution in [0, 0.1) is 11.8 Å². The first kappa shape index (κ1) is 43.1. The van der Waals surface area contributed by atoms with Crippen molar-refractivity contribution in [1.29, 1.82) is 0 Å². The highest BCUT2D eigenvalue weighted by Gasteiger charge is 2.68. The summed E-state index contributed by atoms with van der Waals surface area (Å²) >= 11 is 0. The van der Waals surface area contributed by atoms with Crippen LogP contribution in [0.1, 0.15) is 58.8 Å². The van der Waals surface area contributed by atoms with Gasteiger partial charge in [-0.1, -0.05) is 0 Å². The molecule has 306 valence electrons. The minimum atomic E-state index is -2.44. The maximum Gasteiger partial charge on any atom is 0.338 e. The van der Waals surface area contributed by atoms with E-state index >= 15 is 0 Å². The van der Waals surface area contributed by atoms with Gasteiger partial charge < -0.3 is 57.2 Å². The Bertz CT molecular complexity index is 1700. The molecule has 0 unspecified atom stereocenters. The number of rotatable bonds is 13. The zero-order chi connectivity index (χ0) is 41.5. The highest BCUT2D eigenvalue weighted by atomic mass is 16.8. The fraction of sp³-hybridized carbons (Fsp3) is 0.556. The first-order valence-electron chi connectivity index (χ1n) is 17.1. The lowest BCUT2D eigenvalue weighted by Gasteiger charge is -2.46. The highest BCUT2D eigenvalue weighted by Crippen LogP contribution is 2.50. The van der Waals surface area contributed by atoms with Crippen molar-refractivity contribution in [3.63, 3.8) is 0 Å². The van der Waals surface area contributed by atoms with E-state index in [1.807, 2.05) is 0 Å². The van der Waals surface area contributed by atoms with Crippen LogP contribution in [-0.4, -0.2) is 121 Å². The molecule has 1 saturated heterocycles. The van der Waals surface area contributed by atoms with Crippen molar-refractivity contribution in [2.24, 2.45) is 11.8 Å². The highest BCUT2D eigenvalue weighted by molar-refractivity contribution is 5.90. The second kappa shape index (κ2) is 18.4. The number of aliphatic hydroxyl groups is 1. The third-order valence-electron chi connectivity index (χ3n) is 8.58. The standard InChI is InChI=1S/C36H42O20/c1-16(37)47-14-26-29(50-19(4)40)30(51-20(5)41)31(52-21(6)42)35(54-26)56-34-27-25(12-13-46-34)28(32(53-22(7)43)36(27,45)15-48-17(2)38)55-33(44)23-8-10-24(11-9-23)49-18(3)39/h8-13,25-32,34-35,45H,14-15H2,1-7H3/t25-,26-,27-,28+,29-,30+,31-,32-,34+,35+,36-/m1/s1. The molecule has 0 radical (unpaired) electrons. The van der Waals surface area contributed by atoms with Crippen molar-refractivity contribution in [2.45, 2.75) is 103 Å². The molecule has 11 atom stereocenters. The van der Waals surface area contributed by atoms with Crippen LogP contribution in [-0.2, 0) is 80.9 Å². The molecule has 1 N–H and O–H groups in total. The summed E-state index contributed by atoms with van der Waals surface area (Å²) in [5.74, 6) is -9.25. The van der Waals surface area contributed by atoms with Crippen molar-refractivity contribution in [1.82, 2.24) is 0 Å². The molecule has 1 aromatic carbocycles. The van der Waals surface area contributed by atoms with E-state index < -0.39 is 128 Å². The molecule has 3 aliphatic rings. The largest absolute Gasteiger partial charge is 0.472 e. The zero-order valence-corrected chi connectivity index (χ0v) is 31.4. The molecule has 2 aliphatic heterocycles. The van der Waals surface area contributed by atoms with Gasteiger partial charge in [-0.3, -0.25) is 33.6 Å². The molecule has 20 nitrogen and oxygen atoms in total. The summed E-state index contributed by atoms with van der Waals surface area (Å²) in [6.45, 7) is 6.02. The number of benzene rings is 1. The summed E-state index contributed by atoms with van der Waals surface area (Å²) < 4.78 is 61.1. The predicted octanol–water partition coefficient (Wildman–Crippen LogP) is 0.579. The van der Waals surface area contributed by atoms with E-state index in [2.05, 4.69) is 0 Å². The average molecular weight is 795 g/mol. The Morgan fingerprint density at radius 2 is 1.21 bits per heavy atom. The van der Waals surface area contributed by atoms with Crippen LogP contribution in [0.2, 0.25) is 0 Å². The molecule has 4 rings (SSSR count). The van der Waals surface area contributed by atoms with E-state index in [0.717, 1.165) is 47.8 Å². The zero-order valence-electron chi connectivity index (χ0n) is 31.4. The molecule has 0 bridgehead atoms. The van der Waals surface area contributed by atoms with E-state index in [9.17, 15) is 43.5 Å². The Morgan fingerprint density at radius 3 is 1.77 bits per heavy atom. The van der Waals surface area contributed by atoms with Gasteiger partial charge in [0.2, 0.25) is 12.6 Å². The molecule has 1 saturated carbocycles. The van der Waals surface area contributed by atoms with E-state index in [0.29, 0.717) is 0 Å². The molecule has 0 aromatic heterocycles. The Balaban J connectivity index is 1.78. The SMILES string of the molecule is CC(=O)OC[C@H]1O[C@@H](O[C@@H]2OC=C[C@H]3[C@H](OC(=O)c4ccc(OC(C)=O)cc4)[C@@H](OC(C)=O)[C@@](O)(COC(C)=O)[C@@H]23)[C@H](OC(C)=O)[C@@H](OC(C)=O)[C@@H]1OC(C)=O. The molecule has 20 heteroatoms. The van der Waals surface area contributed by atoms with Gasteiger partial charge in [0.25, 0.3) is 0 Å². The first-order chi connectivity index (χ1) is 26.3. The maximum absolute atomic E-state index is 13.5. The van der Waals surface area contributed by atoms with Gasteiger partial charge in [-0.05, 0) is 30.3 Å². The number of fused-ring (bicyclic) bond motifs is 1. The van der Waals surface area contributed by atoms with Gasteiger partial charge in [-0.2, -0.15) is 0 Å². The van der Waals surface area contributed by atoms with Crippen LogP contribution >= 0.6 is 0 Å². The number of carbonyl (C=O) groups is 8. The molecule has 0 amide bonds. The van der Waals surface area contributed by atoms with Crippen molar-refractivity contribution in [2.75, 3.05) is 13.2 Å². The van der Waals surface area contributed by atoms with Crippen molar-refractivity contribution in [3.8, 4) is 5.75 Å². The number of hydrogen-bond donors (Lipinski definition) is 1. The maximum atomic E-state index is 13.5. The lowest BCUT2D eigenvalue weighted by Crippen LogP contribution is -2.64. The van der Waals surface area contributed by atoms with Crippen LogP contribution < -0.4 is 4.74 Å². The van der Waals surface area contributed by atoms with Crippen molar-refractivity contribution in [3.05, 3.63) is 42.2 Å². The fourth-order valence-electron chi connectivity index (χ4n) is 6.61. The molecule has 0 spiro atoms. The third-order valence-corrected chi connectivity index (χ3v) is 8.58. The number of esters is 8. The minimum absolute atomic E-state index is 0.0317. The van der Waals surface area contributed by atoms with Gasteiger partial charge in [-0.25, -0.2) is 4.79 Å². The van der Waals surface area contributed by atoms with Gasteiger partial charge in [-0.15, -0.1) is 0 Å². The normalized spacial score (nSPS) is 30.3. The third kappa shape index (κ3) is 10.6. The van der Waals surface area contributed by atoms with Crippen LogP contribution in [0.15, 0.2) is 36.6 Å². The second-order valence-corrected chi connectivity index (χ2v) is 12.9. The number of carbonyl (C=O) groups excluding carboxylic acids is 8. The number of ether oxygens (including phenoxy) is 11. The van der Waals surface area contributed by atoms with E-state index in [1.165, 1.54) is 37.3 Å². The summed E-state index contributed by atoms with van der Waals surface area (Å²) in [6, 6.07) is 5.27. The Labute approximate surface area is 319 Å². The fourth-order valence-corrected chi connectivity index (χ4v) is 6.61. The molecule has 2 heterocycles. The lowest BCUT2D eigenvalue weighted by atomic mass is 9.83. The van der Waals surface area contributed by atoms with E-state index in [4.69, 9.17) is 52.1 Å². The Hall–Kier alpha value is -5.60. The molecule has 56 heavy (non-hydrogen) atoms. The lowest BCUT2D eigenvalue weighted by molar-refractivity contribution is -0.350. The van der Waals surface area contributed by atoms with Crippen LogP contribution in [0.3, 0.4) is 0 Å². The summed E-state index contributed by atoms with van der Waals surface area (Å²) in [6.07, 6.45) is -10.6. The Morgan fingerprint density at radius 1 is 0.643 bits per heavy atom. The molecular formula is C36H42O20. The molecule has 2 fully saturated rings. The van der Waals surface area contributed by atoms with Gasteiger partial charge >= 0.3 is 47.8 Å². The topological polar surface area (TPSA) is 258 Å². The summed E-state index contributed by atoms with van der Waals surface area (Å²) in [5.41, 5.74) is -2.48. The van der Waals surface area contributed by atoms with Crippen molar-refractivity contribution < 1.29 is 95.6 Å². The van der Waals surface area contributed by atoms with Gasteiger partial charge in [0.05, 0.1) is 17.7 Å². The quantitative estimate of drug-likeness (QED) is 0.163. The van der Waals surface area contributed by atoms with E-state index in [1.54, 1.807) is 0 Å². The van der Waals surface area contributed by atoms with Crippen LogP contribution in [0.5, 0.6) is 5.75 Å². The van der Waals surface area contributed by atoms with Crippen LogP contribution in [0.25, 0.3) is 0 Å². The van der Waals surface area contributed by atoms with Gasteiger partial charge in [0, 0.05) is 54.4 Å².